The summed E-state index contributed by atoms with van der Waals surface area (Å²) in [6.45, 7) is 3.48. The molecule has 0 heterocycles. The summed E-state index contributed by atoms with van der Waals surface area (Å²) >= 11 is 0. The van der Waals surface area contributed by atoms with E-state index in [4.69, 9.17) is 5.11 Å². The van der Waals surface area contributed by atoms with E-state index in [1.54, 1.807) is 0 Å². The topological polar surface area (TPSA) is 32.3 Å². The fraction of sp³-hybridized carbons (Fsp3) is 0.333. The zero-order valence-corrected chi connectivity index (χ0v) is 8.38. The smallest absolute Gasteiger partial charge is 0.0681 e. The molecule has 0 unspecified atom stereocenters. The van der Waals surface area contributed by atoms with E-state index in [9.17, 15) is 0 Å². The number of nitrogens with one attached hydrogen (secondary N) is 1. The summed E-state index contributed by atoms with van der Waals surface area (Å²) in [7, 11) is 0. The van der Waals surface area contributed by atoms with Crippen molar-refractivity contribution >= 4 is 0 Å². The standard InChI is InChI=1S/C12H15NO/c1-2-3-8-13-9-11-4-6-12(10-14)7-5-11/h4-7,13-14H,8-10H2,1H3. The van der Waals surface area contributed by atoms with E-state index in [1.807, 2.05) is 31.2 Å². The highest BCUT2D eigenvalue weighted by Crippen LogP contribution is 2.03. The zero-order valence-electron chi connectivity index (χ0n) is 8.38. The quantitative estimate of drug-likeness (QED) is 0.552. The van der Waals surface area contributed by atoms with Crippen molar-refractivity contribution in [2.75, 3.05) is 6.54 Å². The van der Waals surface area contributed by atoms with E-state index in [2.05, 4.69) is 17.2 Å². The summed E-state index contributed by atoms with van der Waals surface area (Å²) in [6.07, 6.45) is 0. The first-order chi connectivity index (χ1) is 6.86. The lowest BCUT2D eigenvalue weighted by atomic mass is 10.1. The predicted molar refractivity (Wildman–Crippen MR) is 57.5 cm³/mol. The second-order valence-corrected chi connectivity index (χ2v) is 3.00. The average Bonchev–Trinajstić information content (AvgIpc) is 2.25. The molecule has 0 saturated heterocycles. The van der Waals surface area contributed by atoms with E-state index in [0.717, 1.165) is 18.7 Å². The minimum atomic E-state index is 0.106. The Hall–Kier alpha value is -1.30. The number of aliphatic hydroxyl groups is 1. The van der Waals surface area contributed by atoms with Crippen LogP contribution in [-0.2, 0) is 13.2 Å². The van der Waals surface area contributed by atoms with Crippen LogP contribution in [0.25, 0.3) is 0 Å². The molecule has 0 atom stereocenters. The van der Waals surface area contributed by atoms with Gasteiger partial charge >= 0.3 is 0 Å². The lowest BCUT2D eigenvalue weighted by Crippen LogP contribution is -2.12. The Morgan fingerprint density at radius 2 is 1.86 bits per heavy atom. The van der Waals surface area contributed by atoms with E-state index >= 15 is 0 Å². The largest absolute Gasteiger partial charge is 0.392 e. The number of rotatable bonds is 4. The van der Waals surface area contributed by atoms with Gasteiger partial charge in [-0.15, -0.1) is 5.92 Å². The van der Waals surface area contributed by atoms with Crippen LogP contribution in [0.4, 0.5) is 0 Å². The van der Waals surface area contributed by atoms with Crippen LogP contribution < -0.4 is 5.32 Å². The van der Waals surface area contributed by atoms with Gasteiger partial charge in [0.1, 0.15) is 0 Å². The summed E-state index contributed by atoms with van der Waals surface area (Å²) in [5, 5.41) is 12.0. The molecule has 74 valence electrons. The van der Waals surface area contributed by atoms with E-state index < -0.39 is 0 Å². The molecule has 1 aromatic rings. The Bertz CT molecular complexity index is 318. The summed E-state index contributed by atoms with van der Waals surface area (Å²) in [5.41, 5.74) is 2.15. The van der Waals surface area contributed by atoms with Gasteiger partial charge in [-0.25, -0.2) is 0 Å². The maximum absolute atomic E-state index is 8.84. The molecule has 14 heavy (non-hydrogen) atoms. The molecule has 1 aromatic carbocycles. The van der Waals surface area contributed by atoms with Crippen LogP contribution in [0.2, 0.25) is 0 Å². The SMILES string of the molecule is CC#CCNCc1ccc(CO)cc1. The normalized spacial score (nSPS) is 9.29. The second-order valence-electron chi connectivity index (χ2n) is 3.00. The summed E-state index contributed by atoms with van der Waals surface area (Å²) in [5.74, 6) is 5.77. The van der Waals surface area contributed by atoms with Crippen molar-refractivity contribution in [3.8, 4) is 11.8 Å². The Labute approximate surface area is 85.0 Å². The number of hydrogen-bond acceptors (Lipinski definition) is 2. The minimum Gasteiger partial charge on any atom is -0.392 e. The van der Waals surface area contributed by atoms with Crippen LogP contribution in [0.5, 0.6) is 0 Å². The molecule has 0 aromatic heterocycles. The molecule has 0 radical (unpaired) electrons. The van der Waals surface area contributed by atoms with Gasteiger partial charge in [-0.05, 0) is 18.1 Å². The molecular formula is C12H15NO. The van der Waals surface area contributed by atoms with Gasteiger partial charge in [0.05, 0.1) is 13.2 Å². The van der Waals surface area contributed by atoms with Crippen LogP contribution in [0.3, 0.4) is 0 Å². The van der Waals surface area contributed by atoms with E-state index in [1.165, 1.54) is 5.56 Å². The summed E-state index contributed by atoms with van der Waals surface area (Å²) in [4.78, 5) is 0. The zero-order chi connectivity index (χ0) is 10.2. The van der Waals surface area contributed by atoms with Gasteiger partial charge in [-0.2, -0.15) is 0 Å². The first kappa shape index (κ1) is 10.8. The van der Waals surface area contributed by atoms with Crippen LogP contribution in [0.15, 0.2) is 24.3 Å². The summed E-state index contributed by atoms with van der Waals surface area (Å²) < 4.78 is 0. The number of aliphatic hydroxyl groups excluding tert-OH is 1. The molecule has 2 nitrogen and oxygen atoms in total. The fourth-order valence-corrected chi connectivity index (χ4v) is 1.12. The van der Waals surface area contributed by atoms with Gasteiger partial charge in [0.2, 0.25) is 0 Å². The van der Waals surface area contributed by atoms with E-state index in [-0.39, 0.29) is 6.61 Å². The molecule has 0 bridgehead atoms. The van der Waals surface area contributed by atoms with Crippen molar-refractivity contribution in [2.24, 2.45) is 0 Å². The third-order valence-electron chi connectivity index (χ3n) is 1.92. The van der Waals surface area contributed by atoms with Gasteiger partial charge in [-0.3, -0.25) is 0 Å². The molecule has 0 aliphatic rings. The fourth-order valence-electron chi connectivity index (χ4n) is 1.12. The Balaban J connectivity index is 2.38. The minimum absolute atomic E-state index is 0.106. The molecule has 0 aliphatic carbocycles. The van der Waals surface area contributed by atoms with Crippen molar-refractivity contribution < 1.29 is 5.11 Å². The third-order valence-corrected chi connectivity index (χ3v) is 1.92. The highest BCUT2D eigenvalue weighted by atomic mass is 16.3. The maximum Gasteiger partial charge on any atom is 0.0681 e. The van der Waals surface area contributed by atoms with Crippen LogP contribution >= 0.6 is 0 Å². The van der Waals surface area contributed by atoms with Gasteiger partial charge in [-0.1, -0.05) is 30.2 Å². The molecule has 2 heteroatoms. The molecule has 0 spiro atoms. The number of benzene rings is 1. The summed E-state index contributed by atoms with van der Waals surface area (Å²) in [6, 6.07) is 7.89. The van der Waals surface area contributed by atoms with Gasteiger partial charge in [0.15, 0.2) is 0 Å². The second kappa shape index (κ2) is 6.20. The van der Waals surface area contributed by atoms with Crippen molar-refractivity contribution in [2.45, 2.75) is 20.1 Å². The Morgan fingerprint density at radius 3 is 2.43 bits per heavy atom. The maximum atomic E-state index is 8.84. The van der Waals surface area contributed by atoms with Crippen LogP contribution in [0, 0.1) is 11.8 Å². The van der Waals surface area contributed by atoms with Crippen molar-refractivity contribution in [3.05, 3.63) is 35.4 Å². The number of hydrogen-bond donors (Lipinski definition) is 2. The Kier molecular flexibility index (Phi) is 4.77. The monoisotopic (exact) mass is 189 g/mol. The van der Waals surface area contributed by atoms with Crippen molar-refractivity contribution in [3.63, 3.8) is 0 Å². The predicted octanol–water partition coefficient (Wildman–Crippen LogP) is 1.29. The molecular weight excluding hydrogens is 174 g/mol. The molecule has 2 N–H and O–H groups in total. The van der Waals surface area contributed by atoms with E-state index in [0.29, 0.717) is 0 Å². The average molecular weight is 189 g/mol. The molecule has 1 rings (SSSR count). The molecule has 0 aliphatic heterocycles. The molecule has 0 saturated carbocycles. The van der Waals surface area contributed by atoms with Gasteiger partial charge in [0.25, 0.3) is 0 Å². The third kappa shape index (κ3) is 3.61. The lowest BCUT2D eigenvalue weighted by molar-refractivity contribution is 0.282. The Morgan fingerprint density at radius 1 is 1.21 bits per heavy atom. The molecule has 0 fully saturated rings. The van der Waals surface area contributed by atoms with Crippen molar-refractivity contribution in [1.29, 1.82) is 0 Å². The van der Waals surface area contributed by atoms with Gasteiger partial charge in [0, 0.05) is 6.54 Å². The first-order valence-corrected chi connectivity index (χ1v) is 4.66. The van der Waals surface area contributed by atoms with Crippen LogP contribution in [0.1, 0.15) is 18.1 Å². The highest BCUT2D eigenvalue weighted by molar-refractivity contribution is 5.21. The highest BCUT2D eigenvalue weighted by Gasteiger charge is 1.92. The van der Waals surface area contributed by atoms with Gasteiger partial charge < -0.3 is 10.4 Å². The van der Waals surface area contributed by atoms with Crippen LogP contribution in [-0.4, -0.2) is 11.7 Å². The first-order valence-electron chi connectivity index (χ1n) is 4.66. The molecule has 0 amide bonds. The lowest BCUT2D eigenvalue weighted by Gasteiger charge is -2.02. The van der Waals surface area contributed by atoms with Crippen molar-refractivity contribution in [1.82, 2.24) is 5.32 Å².